The molecule has 0 amide bonds. The molecule has 6 heteroatoms. The number of H-pyrrole nitrogens is 1. The van der Waals surface area contributed by atoms with E-state index in [1.54, 1.807) is 7.11 Å². The normalized spacial score (nSPS) is 24.2. The molecule has 1 fully saturated rings. The molecule has 1 aliphatic rings. The number of ether oxygens (including phenoxy) is 2. The summed E-state index contributed by atoms with van der Waals surface area (Å²) in [5, 5.41) is 0. The van der Waals surface area contributed by atoms with Crippen molar-refractivity contribution in [2.24, 2.45) is 0 Å². The third kappa shape index (κ3) is 2.37. The molecule has 6 nitrogen and oxygen atoms in total. The lowest BCUT2D eigenvalue weighted by atomic mass is 10.2. The topological polar surface area (TPSA) is 73.3 Å². The summed E-state index contributed by atoms with van der Waals surface area (Å²) in [5.41, 5.74) is -0.133. The van der Waals surface area contributed by atoms with Gasteiger partial charge in [-0.2, -0.15) is 0 Å². The SMILES string of the molecule is C=C1C[C@@H](COC)O[C@H]1n1ccc(=O)[nH]c1=O. The molecule has 0 spiro atoms. The molecule has 0 saturated carbocycles. The van der Waals surface area contributed by atoms with Crippen LogP contribution in [0.4, 0.5) is 0 Å². The number of rotatable bonds is 3. The fraction of sp³-hybridized carbons (Fsp3) is 0.455. The molecule has 1 aromatic rings. The van der Waals surface area contributed by atoms with Crippen molar-refractivity contribution in [2.75, 3.05) is 13.7 Å². The summed E-state index contributed by atoms with van der Waals surface area (Å²) >= 11 is 0. The lowest BCUT2D eigenvalue weighted by Gasteiger charge is -2.15. The van der Waals surface area contributed by atoms with Gasteiger partial charge in [0.15, 0.2) is 6.23 Å². The van der Waals surface area contributed by atoms with Crippen molar-refractivity contribution in [2.45, 2.75) is 18.8 Å². The highest BCUT2D eigenvalue weighted by molar-refractivity contribution is 5.08. The summed E-state index contributed by atoms with van der Waals surface area (Å²) < 4.78 is 12.0. The van der Waals surface area contributed by atoms with E-state index < -0.39 is 17.5 Å². The zero-order valence-corrected chi connectivity index (χ0v) is 9.51. The average Bonchev–Trinajstić information content (AvgIpc) is 2.60. The molecule has 2 heterocycles. The second kappa shape index (κ2) is 4.68. The van der Waals surface area contributed by atoms with E-state index in [0.717, 1.165) is 5.57 Å². The van der Waals surface area contributed by atoms with E-state index in [2.05, 4.69) is 11.6 Å². The van der Waals surface area contributed by atoms with Crippen LogP contribution in [0.1, 0.15) is 12.6 Å². The number of methoxy groups -OCH3 is 1. The average molecular weight is 238 g/mol. The third-order valence-corrected chi connectivity index (χ3v) is 2.62. The first kappa shape index (κ1) is 11.8. The minimum Gasteiger partial charge on any atom is -0.382 e. The molecule has 17 heavy (non-hydrogen) atoms. The Bertz CT molecular complexity index is 531. The second-order valence-corrected chi connectivity index (χ2v) is 3.95. The van der Waals surface area contributed by atoms with Crippen LogP contribution in [0.15, 0.2) is 34.0 Å². The van der Waals surface area contributed by atoms with Gasteiger partial charge < -0.3 is 9.47 Å². The molecule has 0 unspecified atom stereocenters. The number of nitrogens with one attached hydrogen (secondary N) is 1. The van der Waals surface area contributed by atoms with Gasteiger partial charge in [0.1, 0.15) is 0 Å². The number of aromatic nitrogens is 2. The Hall–Kier alpha value is -1.66. The van der Waals surface area contributed by atoms with Gasteiger partial charge in [0.25, 0.3) is 5.56 Å². The predicted molar refractivity (Wildman–Crippen MR) is 60.9 cm³/mol. The molecule has 1 aromatic heterocycles. The third-order valence-electron chi connectivity index (χ3n) is 2.62. The van der Waals surface area contributed by atoms with E-state index in [4.69, 9.17) is 9.47 Å². The molecular weight excluding hydrogens is 224 g/mol. The van der Waals surface area contributed by atoms with Crippen LogP contribution in [0.2, 0.25) is 0 Å². The maximum absolute atomic E-state index is 11.6. The number of aromatic amines is 1. The molecule has 2 rings (SSSR count). The van der Waals surface area contributed by atoms with Crippen LogP contribution in [-0.2, 0) is 9.47 Å². The van der Waals surface area contributed by atoms with E-state index in [1.165, 1.54) is 16.8 Å². The number of hydrogen-bond donors (Lipinski definition) is 1. The van der Waals surface area contributed by atoms with Gasteiger partial charge in [0, 0.05) is 25.8 Å². The van der Waals surface area contributed by atoms with Gasteiger partial charge in [-0.25, -0.2) is 4.79 Å². The summed E-state index contributed by atoms with van der Waals surface area (Å²) in [6.07, 6.45) is 1.42. The second-order valence-electron chi connectivity index (χ2n) is 3.95. The van der Waals surface area contributed by atoms with Crippen LogP contribution in [0, 0.1) is 0 Å². The van der Waals surface area contributed by atoms with Crippen molar-refractivity contribution < 1.29 is 9.47 Å². The van der Waals surface area contributed by atoms with Crippen molar-refractivity contribution in [3.05, 3.63) is 45.3 Å². The largest absolute Gasteiger partial charge is 0.382 e. The van der Waals surface area contributed by atoms with E-state index in [-0.39, 0.29) is 6.10 Å². The summed E-state index contributed by atoms with van der Waals surface area (Å²) in [6, 6.07) is 1.28. The molecular formula is C11H14N2O4. The Balaban J connectivity index is 2.26. The fourth-order valence-corrected chi connectivity index (χ4v) is 1.88. The van der Waals surface area contributed by atoms with Crippen LogP contribution in [0.25, 0.3) is 0 Å². The standard InChI is InChI=1S/C11H14N2O4/c1-7-5-8(6-16-2)17-10(7)13-4-3-9(14)12-11(13)15/h3-4,8,10H,1,5-6H2,2H3,(H,12,14,15)/t8-,10+/m0/s1. The summed E-state index contributed by atoms with van der Waals surface area (Å²) in [6.45, 7) is 4.33. The minimum absolute atomic E-state index is 0.101. The lowest BCUT2D eigenvalue weighted by molar-refractivity contribution is -0.0269. The van der Waals surface area contributed by atoms with E-state index >= 15 is 0 Å². The highest BCUT2D eigenvalue weighted by Crippen LogP contribution is 2.31. The Morgan fingerprint density at radius 2 is 2.41 bits per heavy atom. The quantitative estimate of drug-likeness (QED) is 0.754. The molecule has 0 radical (unpaired) electrons. The molecule has 0 aliphatic carbocycles. The number of nitrogens with zero attached hydrogens (tertiary/aromatic N) is 1. The molecule has 1 N–H and O–H groups in total. The monoisotopic (exact) mass is 238 g/mol. The van der Waals surface area contributed by atoms with Crippen molar-refractivity contribution in [3.8, 4) is 0 Å². The molecule has 92 valence electrons. The fourth-order valence-electron chi connectivity index (χ4n) is 1.88. The van der Waals surface area contributed by atoms with Gasteiger partial charge in [-0.05, 0) is 5.57 Å². The highest BCUT2D eigenvalue weighted by atomic mass is 16.5. The van der Waals surface area contributed by atoms with Crippen LogP contribution < -0.4 is 11.2 Å². The Morgan fingerprint density at radius 1 is 1.65 bits per heavy atom. The first-order valence-electron chi connectivity index (χ1n) is 5.25. The van der Waals surface area contributed by atoms with Gasteiger partial charge >= 0.3 is 5.69 Å². The summed E-state index contributed by atoms with van der Waals surface area (Å²) in [4.78, 5) is 24.7. The predicted octanol–water partition coefficient (Wildman–Crippen LogP) is 0.0267. The Morgan fingerprint density at radius 3 is 3.06 bits per heavy atom. The smallest absolute Gasteiger partial charge is 0.330 e. The van der Waals surface area contributed by atoms with E-state index in [9.17, 15) is 9.59 Å². The zero-order valence-electron chi connectivity index (χ0n) is 9.51. The van der Waals surface area contributed by atoms with Crippen molar-refractivity contribution in [3.63, 3.8) is 0 Å². The van der Waals surface area contributed by atoms with Crippen molar-refractivity contribution in [1.82, 2.24) is 9.55 Å². The molecule has 0 aromatic carbocycles. The van der Waals surface area contributed by atoms with Crippen LogP contribution in [0.3, 0.4) is 0 Å². The van der Waals surface area contributed by atoms with Crippen LogP contribution in [-0.4, -0.2) is 29.4 Å². The molecule has 2 atom stereocenters. The van der Waals surface area contributed by atoms with Gasteiger partial charge in [-0.15, -0.1) is 0 Å². The van der Waals surface area contributed by atoms with Crippen LogP contribution >= 0.6 is 0 Å². The van der Waals surface area contributed by atoms with Crippen molar-refractivity contribution in [1.29, 1.82) is 0 Å². The number of hydrogen-bond acceptors (Lipinski definition) is 4. The Kier molecular flexibility index (Phi) is 3.26. The van der Waals surface area contributed by atoms with E-state index in [0.29, 0.717) is 13.0 Å². The highest BCUT2D eigenvalue weighted by Gasteiger charge is 2.30. The molecule has 0 bridgehead atoms. The summed E-state index contributed by atoms with van der Waals surface area (Å²) in [7, 11) is 1.59. The van der Waals surface area contributed by atoms with Crippen molar-refractivity contribution >= 4 is 0 Å². The molecule has 1 aliphatic heterocycles. The summed E-state index contributed by atoms with van der Waals surface area (Å²) in [5.74, 6) is 0. The van der Waals surface area contributed by atoms with Gasteiger partial charge in [-0.1, -0.05) is 6.58 Å². The van der Waals surface area contributed by atoms with Gasteiger partial charge in [-0.3, -0.25) is 14.3 Å². The maximum Gasteiger partial charge on any atom is 0.330 e. The zero-order chi connectivity index (χ0) is 12.4. The van der Waals surface area contributed by atoms with Gasteiger partial charge in [0.05, 0.1) is 12.7 Å². The Labute approximate surface area is 97.5 Å². The maximum atomic E-state index is 11.6. The first-order valence-corrected chi connectivity index (χ1v) is 5.25. The lowest BCUT2D eigenvalue weighted by Crippen LogP contribution is -2.32. The van der Waals surface area contributed by atoms with Gasteiger partial charge in [0.2, 0.25) is 0 Å². The first-order chi connectivity index (χ1) is 8.11. The minimum atomic E-state index is -0.528. The van der Waals surface area contributed by atoms with E-state index in [1.807, 2.05) is 0 Å². The molecule has 1 saturated heterocycles. The van der Waals surface area contributed by atoms with Crippen LogP contribution in [0.5, 0.6) is 0 Å².